The minimum Gasteiger partial charge on any atom is -0.480 e. The number of unbranched alkanes of at least 4 members (excludes halogenated alkanes) is 1. The van der Waals surface area contributed by atoms with Crippen molar-refractivity contribution in [2.75, 3.05) is 39.2 Å². The Morgan fingerprint density at radius 2 is 1.17 bits per heavy atom. The number of benzene rings is 2. The molecule has 334 valence electrons. The zero-order valence-corrected chi connectivity index (χ0v) is 38.4. The Morgan fingerprint density at radius 3 is 1.62 bits per heavy atom. The van der Waals surface area contributed by atoms with E-state index in [1.54, 1.807) is 12.1 Å². The van der Waals surface area contributed by atoms with Gasteiger partial charge >= 0.3 is 11.9 Å². The smallest absolute Gasteiger partial charge is 0.331 e. The second kappa shape index (κ2) is 21.3. The van der Waals surface area contributed by atoms with E-state index in [-0.39, 0.29) is 17.4 Å². The van der Waals surface area contributed by atoms with E-state index in [0.29, 0.717) is 12.1 Å². The van der Waals surface area contributed by atoms with Gasteiger partial charge in [0.25, 0.3) is 5.91 Å². The molecule has 0 fully saturated rings. The highest BCUT2D eigenvalue weighted by Crippen LogP contribution is 2.52. The Labute approximate surface area is 354 Å². The largest absolute Gasteiger partial charge is 0.480 e. The van der Waals surface area contributed by atoms with Crippen molar-refractivity contribution in [3.05, 3.63) is 65.2 Å². The van der Waals surface area contributed by atoms with E-state index in [2.05, 4.69) is 92.5 Å². The number of nitrogens with one attached hydrogen (secondary N) is 4. The first-order chi connectivity index (χ1) is 27.9. The predicted octanol–water partition coefficient (Wildman–Crippen LogP) is 4.95. The molecule has 0 bridgehead atoms. The third kappa shape index (κ3) is 11.9. The number of hydrogen-bond acceptors (Lipinski definition) is 11. The molecule has 2 aromatic rings. The van der Waals surface area contributed by atoms with Crippen molar-refractivity contribution in [1.29, 1.82) is 0 Å². The summed E-state index contributed by atoms with van der Waals surface area (Å²) in [6.07, 6.45) is 3.75. The summed E-state index contributed by atoms with van der Waals surface area (Å²) in [6, 6.07) is 17.5. The molecule has 3 rings (SSSR count). The van der Waals surface area contributed by atoms with Gasteiger partial charge in [0.2, 0.25) is 28.6 Å². The molecule has 1 aliphatic carbocycles. The van der Waals surface area contributed by atoms with Gasteiger partial charge in [0.05, 0.1) is 0 Å². The van der Waals surface area contributed by atoms with Crippen molar-refractivity contribution in [2.24, 2.45) is 10.8 Å². The van der Waals surface area contributed by atoms with Gasteiger partial charge < -0.3 is 35.6 Å². The molecule has 0 heterocycles. The van der Waals surface area contributed by atoms with Crippen LogP contribution in [0.5, 0.6) is 0 Å². The highest BCUT2D eigenvalue weighted by molar-refractivity contribution is 6.84. The summed E-state index contributed by atoms with van der Waals surface area (Å²) >= 11 is 0. The van der Waals surface area contributed by atoms with Crippen LogP contribution >= 0.6 is 0 Å². The molecule has 2 atom stereocenters. The number of anilines is 1. The van der Waals surface area contributed by atoms with Crippen LogP contribution in [0, 0.1) is 10.8 Å². The Morgan fingerprint density at radius 1 is 0.700 bits per heavy atom. The number of hydrogen-bond donors (Lipinski definition) is 8. The third-order valence-electron chi connectivity index (χ3n) is 11.0. The molecule has 0 aromatic heterocycles. The maximum atomic E-state index is 13.4. The first kappa shape index (κ1) is 51.6. The summed E-state index contributed by atoms with van der Waals surface area (Å²) in [6.45, 7) is 15.8. The lowest BCUT2D eigenvalue weighted by Crippen LogP contribution is -2.57. The molecule has 0 spiro atoms. The van der Waals surface area contributed by atoms with Crippen molar-refractivity contribution in [2.45, 2.75) is 102 Å². The predicted molar refractivity (Wildman–Crippen MR) is 229 cm³/mol. The molecule has 8 N–H and O–H groups in total. The molecule has 0 aliphatic heterocycles. The molecule has 2 unspecified atom stereocenters. The Bertz CT molecular complexity index is 1820. The molecule has 2 aromatic carbocycles. The summed E-state index contributed by atoms with van der Waals surface area (Å²) in [7, 11) is -1.47. The van der Waals surface area contributed by atoms with Crippen LogP contribution in [0.4, 0.5) is 5.69 Å². The lowest BCUT2D eigenvalue weighted by Gasteiger charge is -2.34. The third-order valence-corrected chi connectivity index (χ3v) is 18.6. The lowest BCUT2D eigenvalue weighted by atomic mass is 9.75. The van der Waals surface area contributed by atoms with Gasteiger partial charge in [-0.2, -0.15) is 0 Å². The zero-order chi connectivity index (χ0) is 45.7. The van der Waals surface area contributed by atoms with Gasteiger partial charge in [-0.25, -0.2) is 9.78 Å². The van der Waals surface area contributed by atoms with Crippen LogP contribution in [-0.4, -0.2) is 107 Å². The van der Waals surface area contributed by atoms with Gasteiger partial charge in [0, 0.05) is 31.7 Å². The standard InChI is InChI=1S/C34H52N2O7Si2.C7H12N2O6/c1-9-10-21-44(5,6)43-45(7,8)22-13-20-35-29(37)34(24-42-41,31(39)40)30(38)36-26-18-16-25(17-19-26)33(4)23-32(2,3)27-14-11-12-15-28(27)33;1-8-4(10)7(3-15-14,6(12)13)5(11)9-2/h11-12,14-19,41H,9-10,13,20-24H2,1-8H3,(H,35,37)(H,36,38)(H,39,40);14H,3H2,1-2H3,(H,8,10)(H,9,11)(H,12,13). The molecule has 60 heavy (non-hydrogen) atoms. The molecule has 0 saturated heterocycles. The number of rotatable bonds is 21. The van der Waals surface area contributed by atoms with E-state index in [4.69, 9.17) is 14.5 Å². The minimum atomic E-state index is -2.69. The molecule has 0 saturated carbocycles. The SMILES string of the molecule is CCCC[Si](C)(C)O[Si](C)(C)CCCNC(=O)C(COO)(C(=O)O)C(=O)Nc1ccc(C2(C)CC(C)(C)c3ccccc32)cc1.CNC(=O)C(COO)(C(=O)O)C(=O)NC. The van der Waals surface area contributed by atoms with E-state index < -0.39 is 76.2 Å². The summed E-state index contributed by atoms with van der Waals surface area (Å²) in [4.78, 5) is 80.5. The average molecular weight is 877 g/mol. The molecule has 19 heteroatoms. The highest BCUT2D eigenvalue weighted by Gasteiger charge is 2.55. The van der Waals surface area contributed by atoms with Crippen LogP contribution < -0.4 is 21.3 Å². The second-order valence-electron chi connectivity index (χ2n) is 17.2. The quantitative estimate of drug-likeness (QED) is 0.0272. The zero-order valence-electron chi connectivity index (χ0n) is 36.4. The number of fused-ring (bicyclic) bond motifs is 1. The Hall–Kier alpha value is -4.51. The topological polar surface area (TPSA) is 259 Å². The lowest BCUT2D eigenvalue weighted by molar-refractivity contribution is -0.259. The van der Waals surface area contributed by atoms with Gasteiger partial charge in [-0.15, -0.1) is 0 Å². The normalized spacial score (nSPS) is 16.9. The van der Waals surface area contributed by atoms with E-state index in [0.717, 1.165) is 36.9 Å². The van der Waals surface area contributed by atoms with Gasteiger partial charge in [-0.1, -0.05) is 76.9 Å². The van der Waals surface area contributed by atoms with Crippen LogP contribution in [0.3, 0.4) is 0 Å². The Balaban J connectivity index is 0.000000700. The second-order valence-corrected chi connectivity index (χ2v) is 26.0. The van der Waals surface area contributed by atoms with Crippen LogP contribution in [0.2, 0.25) is 38.3 Å². The van der Waals surface area contributed by atoms with Crippen molar-refractivity contribution in [1.82, 2.24) is 16.0 Å². The molecule has 17 nitrogen and oxygen atoms in total. The molecule has 0 radical (unpaired) electrons. The first-order valence-electron chi connectivity index (χ1n) is 19.9. The fourth-order valence-corrected chi connectivity index (χ4v) is 17.0. The number of carbonyl (C=O) groups is 6. The van der Waals surface area contributed by atoms with Gasteiger partial charge in [0.1, 0.15) is 13.2 Å². The van der Waals surface area contributed by atoms with Crippen LogP contribution in [0.25, 0.3) is 0 Å². The van der Waals surface area contributed by atoms with Crippen molar-refractivity contribution >= 4 is 57.9 Å². The summed E-state index contributed by atoms with van der Waals surface area (Å²) in [5.41, 5.74) is -1.47. The fourth-order valence-electron chi connectivity index (χ4n) is 7.97. The number of carboxylic acids is 2. The van der Waals surface area contributed by atoms with Crippen molar-refractivity contribution < 1.29 is 63.4 Å². The van der Waals surface area contributed by atoms with Crippen molar-refractivity contribution in [3.8, 4) is 0 Å². The van der Waals surface area contributed by atoms with Crippen LogP contribution in [0.1, 0.15) is 70.1 Å². The van der Waals surface area contributed by atoms with E-state index in [1.165, 1.54) is 25.2 Å². The van der Waals surface area contributed by atoms with Gasteiger partial charge in [-0.3, -0.25) is 39.3 Å². The molecular formula is C41H64N4O13Si2. The fraction of sp³-hybridized carbons (Fsp3) is 0.561. The number of amides is 4. The van der Waals surface area contributed by atoms with E-state index >= 15 is 0 Å². The number of aliphatic carboxylic acids is 2. The van der Waals surface area contributed by atoms with Crippen molar-refractivity contribution in [3.63, 3.8) is 0 Å². The summed E-state index contributed by atoms with van der Waals surface area (Å²) in [5, 5.41) is 45.6. The van der Waals surface area contributed by atoms with Gasteiger partial charge in [-0.05, 0) is 85.4 Å². The van der Waals surface area contributed by atoms with Gasteiger partial charge in [0.15, 0.2) is 16.6 Å². The maximum Gasteiger partial charge on any atom is 0.331 e. The van der Waals surface area contributed by atoms with E-state index in [9.17, 15) is 39.1 Å². The molecule has 4 amide bonds. The van der Waals surface area contributed by atoms with E-state index in [1.807, 2.05) is 28.8 Å². The average Bonchev–Trinajstić information content (AvgIpc) is 3.40. The van der Waals surface area contributed by atoms with Crippen LogP contribution in [-0.2, 0) is 53.5 Å². The van der Waals surface area contributed by atoms with Crippen LogP contribution in [0.15, 0.2) is 48.5 Å². The summed E-state index contributed by atoms with van der Waals surface area (Å²) in [5.74, 6) is -7.74. The highest BCUT2D eigenvalue weighted by atomic mass is 28.4. The monoisotopic (exact) mass is 876 g/mol. The Kier molecular flexibility index (Phi) is 18.4. The number of carboxylic acid groups (broad SMARTS) is 2. The molecular weight excluding hydrogens is 813 g/mol. The summed E-state index contributed by atoms with van der Waals surface area (Å²) < 4.78 is 6.61. The number of carbonyl (C=O) groups excluding carboxylic acids is 4. The molecule has 1 aliphatic rings. The maximum absolute atomic E-state index is 13.4. The first-order valence-corrected chi connectivity index (χ1v) is 26.1. The minimum absolute atomic E-state index is 0.00507.